The van der Waals surface area contributed by atoms with Gasteiger partial charge >= 0.3 is 0 Å². The van der Waals surface area contributed by atoms with Crippen LogP contribution in [0.5, 0.6) is 11.5 Å². The summed E-state index contributed by atoms with van der Waals surface area (Å²) in [6.07, 6.45) is 0.994. The largest absolute Gasteiger partial charge is 0.492 e. The van der Waals surface area contributed by atoms with E-state index in [0.29, 0.717) is 28.9 Å². The predicted molar refractivity (Wildman–Crippen MR) is 96.3 cm³/mol. The number of aryl methyl sites for hydroxylation is 1. The van der Waals surface area contributed by atoms with Crippen molar-refractivity contribution in [3.63, 3.8) is 0 Å². The SMILES string of the molecule is CCc1ccc(OCCNC(=O)COc2ccc(Cl)cc2Cl)cc1. The molecule has 0 saturated heterocycles. The maximum absolute atomic E-state index is 11.7. The van der Waals surface area contributed by atoms with Gasteiger partial charge in [-0.3, -0.25) is 4.79 Å². The molecular formula is C18H19Cl2NO3. The van der Waals surface area contributed by atoms with E-state index in [4.69, 9.17) is 32.7 Å². The zero-order chi connectivity index (χ0) is 17.4. The lowest BCUT2D eigenvalue weighted by molar-refractivity contribution is -0.123. The number of ether oxygens (including phenoxy) is 2. The summed E-state index contributed by atoms with van der Waals surface area (Å²) >= 11 is 11.8. The third-order valence-electron chi connectivity index (χ3n) is 3.28. The minimum absolute atomic E-state index is 0.119. The van der Waals surface area contributed by atoms with E-state index in [9.17, 15) is 4.79 Å². The smallest absolute Gasteiger partial charge is 0.258 e. The number of amides is 1. The molecule has 4 nitrogen and oxygen atoms in total. The average Bonchev–Trinajstić information content (AvgIpc) is 2.58. The predicted octanol–water partition coefficient (Wildman–Crippen LogP) is 4.13. The topological polar surface area (TPSA) is 47.6 Å². The molecule has 0 fully saturated rings. The third kappa shape index (κ3) is 5.95. The molecule has 1 amide bonds. The fraction of sp³-hybridized carbons (Fsp3) is 0.278. The van der Waals surface area contributed by atoms with Crippen molar-refractivity contribution in [3.05, 3.63) is 58.1 Å². The second-order valence-electron chi connectivity index (χ2n) is 5.06. The molecule has 128 valence electrons. The van der Waals surface area contributed by atoms with Gasteiger partial charge in [0.05, 0.1) is 11.6 Å². The van der Waals surface area contributed by atoms with Crippen LogP contribution in [0.3, 0.4) is 0 Å². The molecule has 1 N–H and O–H groups in total. The van der Waals surface area contributed by atoms with Crippen LogP contribution in [-0.2, 0) is 11.2 Å². The van der Waals surface area contributed by atoms with Crippen LogP contribution in [0.1, 0.15) is 12.5 Å². The van der Waals surface area contributed by atoms with E-state index >= 15 is 0 Å². The van der Waals surface area contributed by atoms with Crippen LogP contribution < -0.4 is 14.8 Å². The minimum Gasteiger partial charge on any atom is -0.492 e. The molecule has 0 aromatic heterocycles. The first-order chi connectivity index (χ1) is 11.6. The Morgan fingerprint density at radius 2 is 1.83 bits per heavy atom. The van der Waals surface area contributed by atoms with Gasteiger partial charge in [-0.05, 0) is 42.3 Å². The minimum atomic E-state index is -0.244. The van der Waals surface area contributed by atoms with Crippen LogP contribution in [0.4, 0.5) is 0 Å². The van der Waals surface area contributed by atoms with Crippen molar-refractivity contribution in [2.24, 2.45) is 0 Å². The molecule has 0 saturated carbocycles. The molecular weight excluding hydrogens is 349 g/mol. The standard InChI is InChI=1S/C18H19Cl2NO3/c1-2-13-3-6-15(7-4-13)23-10-9-21-18(22)12-24-17-8-5-14(19)11-16(17)20/h3-8,11H,2,9-10,12H2,1H3,(H,21,22). The Kier molecular flexibility index (Phi) is 7.22. The van der Waals surface area contributed by atoms with Crippen molar-refractivity contribution < 1.29 is 14.3 Å². The molecule has 6 heteroatoms. The molecule has 0 atom stereocenters. The van der Waals surface area contributed by atoms with Crippen molar-refractivity contribution in [1.82, 2.24) is 5.32 Å². The second kappa shape index (κ2) is 9.40. The second-order valence-corrected chi connectivity index (χ2v) is 5.90. The van der Waals surface area contributed by atoms with Gasteiger partial charge in [0.1, 0.15) is 18.1 Å². The van der Waals surface area contributed by atoms with E-state index in [1.807, 2.05) is 24.3 Å². The van der Waals surface area contributed by atoms with E-state index in [1.165, 1.54) is 5.56 Å². The Balaban J connectivity index is 1.65. The van der Waals surface area contributed by atoms with Gasteiger partial charge in [-0.25, -0.2) is 0 Å². The molecule has 0 radical (unpaired) electrons. The Labute approximate surface area is 151 Å². The highest BCUT2D eigenvalue weighted by Gasteiger charge is 2.06. The zero-order valence-corrected chi connectivity index (χ0v) is 14.9. The Hall–Kier alpha value is -1.91. The van der Waals surface area contributed by atoms with Gasteiger partial charge in [-0.2, -0.15) is 0 Å². The fourth-order valence-corrected chi connectivity index (χ4v) is 2.43. The summed E-state index contributed by atoms with van der Waals surface area (Å²) in [6.45, 7) is 2.77. The maximum atomic E-state index is 11.7. The van der Waals surface area contributed by atoms with Crippen molar-refractivity contribution in [1.29, 1.82) is 0 Å². The van der Waals surface area contributed by atoms with Crippen LogP contribution in [0.25, 0.3) is 0 Å². The van der Waals surface area contributed by atoms with E-state index in [0.717, 1.165) is 12.2 Å². The Morgan fingerprint density at radius 3 is 2.50 bits per heavy atom. The molecule has 0 unspecified atom stereocenters. The van der Waals surface area contributed by atoms with Gasteiger partial charge in [-0.15, -0.1) is 0 Å². The van der Waals surface area contributed by atoms with Gasteiger partial charge < -0.3 is 14.8 Å². The molecule has 0 aliphatic rings. The highest BCUT2D eigenvalue weighted by molar-refractivity contribution is 6.35. The summed E-state index contributed by atoms with van der Waals surface area (Å²) in [6, 6.07) is 12.7. The first kappa shape index (κ1) is 18.4. The molecule has 0 bridgehead atoms. The maximum Gasteiger partial charge on any atom is 0.258 e. The van der Waals surface area contributed by atoms with Gasteiger partial charge in [0.15, 0.2) is 6.61 Å². The van der Waals surface area contributed by atoms with Crippen molar-refractivity contribution in [3.8, 4) is 11.5 Å². The van der Waals surface area contributed by atoms with Gasteiger partial charge in [0.2, 0.25) is 0 Å². The molecule has 24 heavy (non-hydrogen) atoms. The van der Waals surface area contributed by atoms with E-state index < -0.39 is 0 Å². The van der Waals surface area contributed by atoms with Crippen molar-refractivity contribution >= 4 is 29.1 Å². The first-order valence-corrected chi connectivity index (χ1v) is 8.40. The van der Waals surface area contributed by atoms with E-state index in [2.05, 4.69) is 12.2 Å². The summed E-state index contributed by atoms with van der Waals surface area (Å²) in [5.41, 5.74) is 1.26. The molecule has 0 aliphatic carbocycles. The number of halogens is 2. The number of rotatable bonds is 8. The number of hydrogen-bond acceptors (Lipinski definition) is 3. The summed E-state index contributed by atoms with van der Waals surface area (Å²) < 4.78 is 10.9. The Bertz CT molecular complexity index is 674. The van der Waals surface area contributed by atoms with Gasteiger partial charge in [0, 0.05) is 5.02 Å². The number of carbonyl (C=O) groups is 1. The van der Waals surface area contributed by atoms with E-state index in [-0.39, 0.29) is 12.5 Å². The van der Waals surface area contributed by atoms with Crippen LogP contribution >= 0.6 is 23.2 Å². The Morgan fingerprint density at radius 1 is 1.08 bits per heavy atom. The fourth-order valence-electron chi connectivity index (χ4n) is 1.97. The van der Waals surface area contributed by atoms with Crippen LogP contribution in [0, 0.1) is 0 Å². The average molecular weight is 368 g/mol. The van der Waals surface area contributed by atoms with Crippen molar-refractivity contribution in [2.75, 3.05) is 19.8 Å². The summed E-state index contributed by atoms with van der Waals surface area (Å²) in [7, 11) is 0. The van der Waals surface area contributed by atoms with E-state index in [1.54, 1.807) is 18.2 Å². The molecule has 0 heterocycles. The van der Waals surface area contributed by atoms with Crippen molar-refractivity contribution in [2.45, 2.75) is 13.3 Å². The molecule has 0 spiro atoms. The first-order valence-electron chi connectivity index (χ1n) is 7.64. The number of carbonyl (C=O) groups excluding carboxylic acids is 1. The summed E-state index contributed by atoms with van der Waals surface area (Å²) in [4.78, 5) is 11.7. The van der Waals surface area contributed by atoms with Crippen LogP contribution in [-0.4, -0.2) is 25.7 Å². The third-order valence-corrected chi connectivity index (χ3v) is 3.81. The lowest BCUT2D eigenvalue weighted by atomic mass is 10.2. The van der Waals surface area contributed by atoms with Gasteiger partial charge in [0.25, 0.3) is 5.91 Å². The lowest BCUT2D eigenvalue weighted by Gasteiger charge is -2.10. The lowest BCUT2D eigenvalue weighted by Crippen LogP contribution is -2.32. The molecule has 2 aromatic rings. The highest BCUT2D eigenvalue weighted by Crippen LogP contribution is 2.27. The highest BCUT2D eigenvalue weighted by atomic mass is 35.5. The number of hydrogen-bond donors (Lipinski definition) is 1. The molecule has 0 aliphatic heterocycles. The molecule has 2 rings (SSSR count). The molecule has 2 aromatic carbocycles. The zero-order valence-electron chi connectivity index (χ0n) is 13.4. The number of nitrogens with one attached hydrogen (secondary N) is 1. The monoisotopic (exact) mass is 367 g/mol. The number of benzene rings is 2. The van der Waals surface area contributed by atoms with Crippen LogP contribution in [0.2, 0.25) is 10.0 Å². The summed E-state index contributed by atoms with van der Waals surface area (Å²) in [5, 5.41) is 3.60. The quantitative estimate of drug-likeness (QED) is 0.713. The van der Waals surface area contributed by atoms with Crippen LogP contribution in [0.15, 0.2) is 42.5 Å². The van der Waals surface area contributed by atoms with Gasteiger partial charge in [-0.1, -0.05) is 42.3 Å². The summed E-state index contributed by atoms with van der Waals surface area (Å²) in [5.74, 6) is 0.958. The normalized spacial score (nSPS) is 10.3.